The topological polar surface area (TPSA) is 58.0 Å². The molecule has 0 saturated heterocycles. The first-order valence-corrected chi connectivity index (χ1v) is 6.77. The molecule has 1 heterocycles. The van der Waals surface area contributed by atoms with E-state index in [2.05, 4.69) is 29.4 Å². The van der Waals surface area contributed by atoms with Gasteiger partial charge in [0.2, 0.25) is 0 Å². The number of rotatable bonds is 5. The Morgan fingerprint density at radius 2 is 2.06 bits per heavy atom. The molecule has 0 saturated carbocycles. The fraction of sp³-hybridized carbons (Fsp3) is 0.385. The first-order valence-electron chi connectivity index (χ1n) is 5.96. The van der Waals surface area contributed by atoms with Crippen LogP contribution in [0.2, 0.25) is 0 Å². The van der Waals surface area contributed by atoms with Crippen LogP contribution in [0.5, 0.6) is 5.75 Å². The first kappa shape index (κ1) is 13.0. The summed E-state index contributed by atoms with van der Waals surface area (Å²) in [6.45, 7) is 4.97. The van der Waals surface area contributed by atoms with E-state index in [0.717, 1.165) is 22.1 Å². The molecule has 0 unspecified atom stereocenters. The Hall–Kier alpha value is -1.46. The van der Waals surface area contributed by atoms with Crippen molar-refractivity contribution in [3.63, 3.8) is 0 Å². The molecule has 0 spiro atoms. The Bertz CT molecular complexity index is 510. The molecule has 0 amide bonds. The summed E-state index contributed by atoms with van der Waals surface area (Å²) < 4.78 is 0. The Labute approximate surface area is 111 Å². The zero-order valence-corrected chi connectivity index (χ0v) is 11.4. The van der Waals surface area contributed by atoms with E-state index in [4.69, 9.17) is 0 Å². The average molecular weight is 263 g/mol. The van der Waals surface area contributed by atoms with Crippen LogP contribution in [-0.2, 0) is 13.0 Å². The number of hydrogen-bond acceptors (Lipinski definition) is 5. The number of benzene rings is 1. The number of phenols is 1. The van der Waals surface area contributed by atoms with E-state index < -0.39 is 0 Å². The van der Waals surface area contributed by atoms with E-state index in [0.29, 0.717) is 18.2 Å². The van der Waals surface area contributed by atoms with Gasteiger partial charge in [-0.25, -0.2) is 0 Å². The van der Waals surface area contributed by atoms with Gasteiger partial charge in [-0.2, -0.15) is 0 Å². The third-order valence-corrected chi connectivity index (χ3v) is 3.36. The second kappa shape index (κ2) is 5.93. The van der Waals surface area contributed by atoms with Gasteiger partial charge in [0.1, 0.15) is 15.8 Å². The van der Waals surface area contributed by atoms with E-state index in [9.17, 15) is 5.11 Å². The van der Waals surface area contributed by atoms with Crippen LogP contribution in [0.4, 0.5) is 0 Å². The largest absolute Gasteiger partial charge is 0.508 e. The van der Waals surface area contributed by atoms with Crippen LogP contribution in [0.25, 0.3) is 0 Å². The Balaban J connectivity index is 1.98. The fourth-order valence-corrected chi connectivity index (χ4v) is 2.39. The quantitative estimate of drug-likeness (QED) is 0.869. The lowest BCUT2D eigenvalue weighted by Gasteiger charge is -2.03. The molecule has 0 aliphatic rings. The summed E-state index contributed by atoms with van der Waals surface area (Å²) >= 11 is 1.61. The minimum atomic E-state index is 0.290. The van der Waals surface area contributed by atoms with Crippen molar-refractivity contribution >= 4 is 11.3 Å². The number of hydrogen-bond donors (Lipinski definition) is 2. The normalized spacial score (nSPS) is 11.1. The van der Waals surface area contributed by atoms with Crippen LogP contribution in [-0.4, -0.2) is 21.3 Å². The molecule has 1 aromatic carbocycles. The van der Waals surface area contributed by atoms with Crippen molar-refractivity contribution in [3.8, 4) is 5.75 Å². The molecule has 5 heteroatoms. The Kier molecular flexibility index (Phi) is 4.28. The van der Waals surface area contributed by atoms with Gasteiger partial charge in [-0.05, 0) is 17.7 Å². The van der Waals surface area contributed by atoms with Crippen LogP contribution in [0, 0.1) is 0 Å². The maximum Gasteiger partial charge on any atom is 0.131 e. The molecule has 18 heavy (non-hydrogen) atoms. The van der Waals surface area contributed by atoms with Gasteiger partial charge in [-0.1, -0.05) is 37.3 Å². The Morgan fingerprint density at radius 3 is 2.78 bits per heavy atom. The lowest BCUT2D eigenvalue weighted by molar-refractivity contribution is 0.474. The molecular weight excluding hydrogens is 246 g/mol. The van der Waals surface area contributed by atoms with Gasteiger partial charge in [0, 0.05) is 19.0 Å². The molecule has 0 aliphatic carbocycles. The highest BCUT2D eigenvalue weighted by Gasteiger charge is 2.06. The molecule has 0 radical (unpaired) electrons. The molecule has 0 fully saturated rings. The molecule has 96 valence electrons. The van der Waals surface area contributed by atoms with E-state index in [1.54, 1.807) is 23.5 Å². The average Bonchev–Trinajstić information content (AvgIpc) is 2.74. The number of aromatic nitrogens is 2. The predicted molar refractivity (Wildman–Crippen MR) is 72.8 cm³/mol. The standard InChI is InChI=1S/C13H17N3OS/c1-9(2)14-8-13-16-15-12(18-13)7-10-4-3-5-11(17)6-10/h3-6,9,14,17H,7-8H2,1-2H3. The molecule has 0 aliphatic heterocycles. The molecule has 2 rings (SSSR count). The van der Waals surface area contributed by atoms with Gasteiger partial charge in [0.15, 0.2) is 0 Å². The zero-order valence-electron chi connectivity index (χ0n) is 10.6. The predicted octanol–water partition coefficient (Wildman–Crippen LogP) is 2.33. The number of phenolic OH excluding ortho intramolecular Hbond substituents is 1. The van der Waals surface area contributed by atoms with E-state index in [1.165, 1.54) is 0 Å². The monoisotopic (exact) mass is 263 g/mol. The summed E-state index contributed by atoms with van der Waals surface area (Å²) in [5, 5.41) is 23.0. The highest BCUT2D eigenvalue weighted by atomic mass is 32.1. The summed E-state index contributed by atoms with van der Waals surface area (Å²) in [6, 6.07) is 7.69. The van der Waals surface area contributed by atoms with E-state index >= 15 is 0 Å². The molecular formula is C13H17N3OS. The van der Waals surface area contributed by atoms with Crippen LogP contribution < -0.4 is 5.32 Å². The smallest absolute Gasteiger partial charge is 0.131 e. The first-order chi connectivity index (χ1) is 8.63. The van der Waals surface area contributed by atoms with Crippen LogP contribution in [0.15, 0.2) is 24.3 Å². The van der Waals surface area contributed by atoms with Gasteiger partial charge < -0.3 is 10.4 Å². The molecule has 4 nitrogen and oxygen atoms in total. The fourth-order valence-electron chi connectivity index (χ4n) is 1.56. The molecule has 2 aromatic rings. The summed E-state index contributed by atoms with van der Waals surface area (Å²) in [5.74, 6) is 0.290. The summed E-state index contributed by atoms with van der Waals surface area (Å²) in [5.41, 5.74) is 1.05. The molecule has 0 atom stereocenters. The summed E-state index contributed by atoms with van der Waals surface area (Å²) in [7, 11) is 0. The summed E-state index contributed by atoms with van der Waals surface area (Å²) in [4.78, 5) is 0. The van der Waals surface area contributed by atoms with Gasteiger partial charge in [0.05, 0.1) is 0 Å². The SMILES string of the molecule is CC(C)NCc1nnc(Cc2cccc(O)c2)s1. The van der Waals surface area contributed by atoms with Crippen molar-refractivity contribution in [1.82, 2.24) is 15.5 Å². The lowest BCUT2D eigenvalue weighted by atomic mass is 10.1. The maximum absolute atomic E-state index is 9.40. The van der Waals surface area contributed by atoms with Gasteiger partial charge in [-0.15, -0.1) is 10.2 Å². The van der Waals surface area contributed by atoms with Gasteiger partial charge in [0.25, 0.3) is 0 Å². The second-order valence-electron chi connectivity index (χ2n) is 4.47. The van der Waals surface area contributed by atoms with Gasteiger partial charge >= 0.3 is 0 Å². The molecule has 2 N–H and O–H groups in total. The van der Waals surface area contributed by atoms with E-state index in [1.807, 2.05) is 12.1 Å². The van der Waals surface area contributed by atoms with Crippen molar-refractivity contribution in [2.45, 2.75) is 32.9 Å². The van der Waals surface area contributed by atoms with Crippen molar-refractivity contribution in [2.75, 3.05) is 0 Å². The minimum absolute atomic E-state index is 0.290. The highest BCUT2D eigenvalue weighted by Crippen LogP contribution is 2.17. The number of aromatic hydroxyl groups is 1. The van der Waals surface area contributed by atoms with Crippen molar-refractivity contribution in [3.05, 3.63) is 39.8 Å². The van der Waals surface area contributed by atoms with Gasteiger partial charge in [-0.3, -0.25) is 0 Å². The van der Waals surface area contributed by atoms with Crippen LogP contribution in [0.1, 0.15) is 29.4 Å². The van der Waals surface area contributed by atoms with Crippen molar-refractivity contribution < 1.29 is 5.11 Å². The van der Waals surface area contributed by atoms with Crippen molar-refractivity contribution in [1.29, 1.82) is 0 Å². The second-order valence-corrected chi connectivity index (χ2v) is 5.62. The maximum atomic E-state index is 9.40. The summed E-state index contributed by atoms with van der Waals surface area (Å²) in [6.07, 6.45) is 0.716. The number of nitrogens with zero attached hydrogens (tertiary/aromatic N) is 2. The third kappa shape index (κ3) is 3.78. The zero-order chi connectivity index (χ0) is 13.0. The van der Waals surface area contributed by atoms with Crippen LogP contribution >= 0.6 is 11.3 Å². The van der Waals surface area contributed by atoms with E-state index in [-0.39, 0.29) is 0 Å². The minimum Gasteiger partial charge on any atom is -0.508 e. The Morgan fingerprint density at radius 1 is 1.28 bits per heavy atom. The van der Waals surface area contributed by atoms with Crippen LogP contribution in [0.3, 0.4) is 0 Å². The third-order valence-electron chi connectivity index (χ3n) is 2.44. The number of nitrogens with one attached hydrogen (secondary N) is 1. The molecule has 0 bridgehead atoms. The lowest BCUT2D eigenvalue weighted by Crippen LogP contribution is -2.21. The van der Waals surface area contributed by atoms with Crippen molar-refractivity contribution in [2.24, 2.45) is 0 Å². The molecule has 1 aromatic heterocycles. The highest BCUT2D eigenvalue weighted by molar-refractivity contribution is 7.11.